The first-order valence-electron chi connectivity index (χ1n) is 6.23. The predicted octanol–water partition coefficient (Wildman–Crippen LogP) is 1.03. The number of fused-ring (bicyclic) bond motifs is 1. The average molecular weight is 255 g/mol. The Balaban J connectivity index is 2.36. The molecule has 0 bridgehead atoms. The number of hydrogen-bond donors (Lipinski definition) is 1. The van der Waals surface area contributed by atoms with Gasteiger partial charge in [-0.1, -0.05) is 6.92 Å². The molecule has 2 rings (SSSR count). The van der Waals surface area contributed by atoms with Crippen molar-refractivity contribution in [2.75, 3.05) is 18.6 Å². The predicted molar refractivity (Wildman–Crippen MR) is 70.7 cm³/mol. The Morgan fingerprint density at radius 1 is 1.59 bits per heavy atom. The maximum absolute atomic E-state index is 11.4. The lowest BCUT2D eigenvalue weighted by atomic mass is 10.1. The third-order valence-electron chi connectivity index (χ3n) is 3.23. The first-order chi connectivity index (χ1) is 8.13. The molecule has 1 aliphatic heterocycles. The van der Waals surface area contributed by atoms with Crippen LogP contribution in [0, 0.1) is 0 Å². The van der Waals surface area contributed by atoms with Gasteiger partial charge in [0, 0.05) is 60.5 Å². The van der Waals surface area contributed by atoms with Gasteiger partial charge in [-0.25, -0.2) is 4.98 Å². The number of rotatable bonds is 4. The summed E-state index contributed by atoms with van der Waals surface area (Å²) in [5.74, 6) is 1.85. The van der Waals surface area contributed by atoms with Crippen LogP contribution in [-0.4, -0.2) is 32.3 Å². The van der Waals surface area contributed by atoms with Gasteiger partial charge < -0.3 is 9.88 Å². The van der Waals surface area contributed by atoms with E-state index >= 15 is 0 Å². The van der Waals surface area contributed by atoms with Crippen LogP contribution in [0.2, 0.25) is 0 Å². The van der Waals surface area contributed by atoms with Crippen molar-refractivity contribution in [2.45, 2.75) is 39.3 Å². The summed E-state index contributed by atoms with van der Waals surface area (Å²) in [6, 6.07) is 0.283. The number of nitrogens with zero attached hydrogens (tertiary/aromatic N) is 2. The second-order valence-corrected chi connectivity index (χ2v) is 6.14. The molecule has 0 aliphatic carbocycles. The topological polar surface area (TPSA) is 46.9 Å². The van der Waals surface area contributed by atoms with Crippen LogP contribution in [0.5, 0.6) is 0 Å². The van der Waals surface area contributed by atoms with E-state index in [-0.39, 0.29) is 6.04 Å². The van der Waals surface area contributed by atoms with Crippen molar-refractivity contribution in [2.24, 2.45) is 0 Å². The van der Waals surface area contributed by atoms with Crippen LogP contribution in [-0.2, 0) is 30.2 Å². The molecule has 1 aliphatic rings. The molecule has 0 saturated heterocycles. The fourth-order valence-corrected chi connectivity index (χ4v) is 3.40. The Kier molecular flexibility index (Phi) is 3.99. The van der Waals surface area contributed by atoms with Gasteiger partial charge in [-0.05, 0) is 6.92 Å². The molecule has 2 atom stereocenters. The lowest BCUT2D eigenvalue weighted by molar-refractivity contribution is 0.529. The van der Waals surface area contributed by atoms with Gasteiger partial charge in [-0.3, -0.25) is 4.21 Å². The minimum Gasteiger partial charge on any atom is -0.328 e. The zero-order valence-electron chi connectivity index (χ0n) is 10.8. The number of aromatic nitrogens is 2. The highest BCUT2D eigenvalue weighted by molar-refractivity contribution is 7.84. The maximum Gasteiger partial charge on any atom is 0.109 e. The molecule has 5 heteroatoms. The zero-order valence-corrected chi connectivity index (χ0v) is 11.6. The Morgan fingerprint density at radius 3 is 3.00 bits per heavy atom. The van der Waals surface area contributed by atoms with E-state index in [2.05, 4.69) is 23.7 Å². The third kappa shape index (κ3) is 2.60. The Bertz CT molecular complexity index is 428. The van der Waals surface area contributed by atoms with Crippen LogP contribution >= 0.6 is 0 Å². The van der Waals surface area contributed by atoms with Crippen LogP contribution in [0.3, 0.4) is 0 Å². The van der Waals surface area contributed by atoms with E-state index in [1.165, 1.54) is 11.4 Å². The number of imidazole rings is 1. The number of aryl methyl sites for hydroxylation is 1. The summed E-state index contributed by atoms with van der Waals surface area (Å²) in [6.45, 7) is 6.17. The lowest BCUT2D eigenvalue weighted by Crippen LogP contribution is -2.26. The zero-order chi connectivity index (χ0) is 12.4. The van der Waals surface area contributed by atoms with Crippen LogP contribution in [0.15, 0.2) is 0 Å². The Labute approximate surface area is 105 Å². The molecule has 1 N–H and O–H groups in total. The molecule has 0 amide bonds. The van der Waals surface area contributed by atoms with Gasteiger partial charge >= 0.3 is 0 Å². The molecule has 0 fully saturated rings. The normalized spacial score (nSPS) is 18.8. The van der Waals surface area contributed by atoms with Crippen molar-refractivity contribution in [1.29, 1.82) is 0 Å². The molecule has 2 heterocycles. The molecule has 1 aromatic heterocycles. The van der Waals surface area contributed by atoms with Crippen molar-refractivity contribution >= 4 is 10.8 Å². The first kappa shape index (κ1) is 12.8. The maximum atomic E-state index is 11.4. The van der Waals surface area contributed by atoms with E-state index in [1.54, 1.807) is 6.26 Å². The van der Waals surface area contributed by atoms with Gasteiger partial charge in [-0.15, -0.1) is 0 Å². The molecule has 0 aromatic carbocycles. The molecule has 0 saturated carbocycles. The largest absolute Gasteiger partial charge is 0.328 e. The van der Waals surface area contributed by atoms with Crippen molar-refractivity contribution in [3.8, 4) is 0 Å². The SMILES string of the molecule is CCc1nc2c(n1C(C)CS(C)=O)CCNC2. The minimum atomic E-state index is -0.756. The molecule has 96 valence electrons. The van der Waals surface area contributed by atoms with Crippen LogP contribution in [0.4, 0.5) is 0 Å². The van der Waals surface area contributed by atoms with E-state index < -0.39 is 10.8 Å². The van der Waals surface area contributed by atoms with Crippen molar-refractivity contribution in [3.63, 3.8) is 0 Å². The van der Waals surface area contributed by atoms with Gasteiger partial charge in [0.15, 0.2) is 0 Å². The molecular formula is C12H21N3OS. The summed E-state index contributed by atoms with van der Waals surface area (Å²) in [5.41, 5.74) is 2.53. The molecular weight excluding hydrogens is 234 g/mol. The third-order valence-corrected chi connectivity index (χ3v) is 4.18. The van der Waals surface area contributed by atoms with Gasteiger partial charge in [-0.2, -0.15) is 0 Å². The quantitative estimate of drug-likeness (QED) is 0.874. The minimum absolute atomic E-state index is 0.283. The van der Waals surface area contributed by atoms with Crippen LogP contribution in [0.1, 0.15) is 37.1 Å². The number of nitrogens with one attached hydrogen (secondary N) is 1. The van der Waals surface area contributed by atoms with Crippen molar-refractivity contribution < 1.29 is 4.21 Å². The highest BCUT2D eigenvalue weighted by Gasteiger charge is 2.22. The van der Waals surface area contributed by atoms with Gasteiger partial charge in [0.2, 0.25) is 0 Å². The van der Waals surface area contributed by atoms with Crippen molar-refractivity contribution in [3.05, 3.63) is 17.2 Å². The summed E-state index contributed by atoms with van der Waals surface area (Å²) in [4.78, 5) is 4.70. The van der Waals surface area contributed by atoms with Crippen LogP contribution < -0.4 is 5.32 Å². The summed E-state index contributed by atoms with van der Waals surface area (Å²) in [7, 11) is -0.756. The molecule has 1 aromatic rings. The molecule has 0 spiro atoms. The first-order valence-corrected chi connectivity index (χ1v) is 7.95. The fraction of sp³-hybridized carbons (Fsp3) is 0.750. The molecule has 17 heavy (non-hydrogen) atoms. The van der Waals surface area contributed by atoms with Gasteiger partial charge in [0.25, 0.3) is 0 Å². The van der Waals surface area contributed by atoms with E-state index in [4.69, 9.17) is 4.98 Å². The Morgan fingerprint density at radius 2 is 2.35 bits per heavy atom. The summed E-state index contributed by atoms with van der Waals surface area (Å²) in [5, 5.41) is 3.35. The molecule has 0 radical (unpaired) electrons. The molecule has 2 unspecified atom stereocenters. The monoisotopic (exact) mass is 255 g/mol. The van der Waals surface area contributed by atoms with Crippen molar-refractivity contribution in [1.82, 2.24) is 14.9 Å². The fourth-order valence-electron chi connectivity index (χ4n) is 2.57. The summed E-state index contributed by atoms with van der Waals surface area (Å²) in [6.07, 6.45) is 3.74. The highest BCUT2D eigenvalue weighted by atomic mass is 32.2. The standard InChI is InChI=1S/C12H21N3OS/c1-4-12-14-10-7-13-6-5-11(10)15(12)9(2)8-17(3)16/h9,13H,4-8H2,1-3H3. The second-order valence-electron chi connectivity index (χ2n) is 4.66. The second kappa shape index (κ2) is 5.31. The van der Waals surface area contributed by atoms with E-state index in [0.29, 0.717) is 5.75 Å². The Hall–Kier alpha value is -0.680. The summed E-state index contributed by atoms with van der Waals surface area (Å²) < 4.78 is 13.7. The highest BCUT2D eigenvalue weighted by Crippen LogP contribution is 2.22. The van der Waals surface area contributed by atoms with Gasteiger partial charge in [0.05, 0.1) is 5.69 Å². The molecule has 4 nitrogen and oxygen atoms in total. The van der Waals surface area contributed by atoms with Gasteiger partial charge in [0.1, 0.15) is 5.82 Å². The van der Waals surface area contributed by atoms with Crippen LogP contribution in [0.25, 0.3) is 0 Å². The van der Waals surface area contributed by atoms with E-state index in [1.807, 2.05) is 0 Å². The number of hydrogen-bond acceptors (Lipinski definition) is 3. The average Bonchev–Trinajstić information content (AvgIpc) is 2.66. The smallest absolute Gasteiger partial charge is 0.109 e. The summed E-state index contributed by atoms with van der Waals surface area (Å²) >= 11 is 0. The van der Waals surface area contributed by atoms with E-state index in [9.17, 15) is 4.21 Å². The lowest BCUT2D eigenvalue weighted by Gasteiger charge is -2.21. The van der Waals surface area contributed by atoms with E-state index in [0.717, 1.165) is 31.8 Å².